The molecule has 0 N–H and O–H groups in total. The Hall–Kier alpha value is -1.68. The molecule has 1 aliphatic rings. The molecule has 2 aromatic rings. The van der Waals surface area contributed by atoms with Crippen LogP contribution in [0, 0.1) is 5.82 Å². The van der Waals surface area contributed by atoms with Crippen LogP contribution in [0.1, 0.15) is 29.0 Å². The molecular weight excluding hydrogens is 273 g/mol. The van der Waals surface area contributed by atoms with Gasteiger partial charge in [0.05, 0.1) is 12.5 Å². The van der Waals surface area contributed by atoms with Crippen LogP contribution in [0.15, 0.2) is 35.7 Å². The maximum atomic E-state index is 13.2. The highest BCUT2D eigenvalue weighted by Crippen LogP contribution is 2.33. The maximum Gasteiger partial charge on any atom is 0.227 e. The molecule has 0 saturated heterocycles. The van der Waals surface area contributed by atoms with Crippen molar-refractivity contribution in [3.63, 3.8) is 0 Å². The van der Waals surface area contributed by atoms with E-state index < -0.39 is 0 Å². The average Bonchev–Trinajstić information content (AvgIpc) is 2.88. The van der Waals surface area contributed by atoms with E-state index in [9.17, 15) is 9.18 Å². The lowest BCUT2D eigenvalue weighted by Crippen LogP contribution is -2.39. The highest BCUT2D eigenvalue weighted by atomic mass is 32.1. The molecule has 0 spiro atoms. The molecule has 0 radical (unpaired) electrons. The summed E-state index contributed by atoms with van der Waals surface area (Å²) in [5.74, 6) is -0.220. The number of nitrogens with zero attached hydrogens (tertiary/aromatic N) is 1. The number of carbonyl (C=O) groups is 1. The number of hydrogen-bond donors (Lipinski definition) is 0. The molecule has 1 amide bonds. The third-order valence-electron chi connectivity index (χ3n) is 3.84. The van der Waals surface area contributed by atoms with E-state index in [2.05, 4.69) is 18.4 Å². The zero-order valence-electron chi connectivity index (χ0n) is 11.3. The molecule has 20 heavy (non-hydrogen) atoms. The molecule has 1 aromatic carbocycles. The Balaban J connectivity index is 1.75. The smallest absolute Gasteiger partial charge is 0.227 e. The number of thiophene rings is 1. The lowest BCUT2D eigenvalue weighted by Gasteiger charge is -2.33. The first-order chi connectivity index (χ1) is 9.65. The van der Waals surface area contributed by atoms with Crippen LogP contribution >= 0.6 is 11.3 Å². The van der Waals surface area contributed by atoms with Crippen LogP contribution in [0.4, 0.5) is 4.39 Å². The van der Waals surface area contributed by atoms with Gasteiger partial charge < -0.3 is 4.90 Å². The molecule has 0 aliphatic carbocycles. The van der Waals surface area contributed by atoms with Crippen molar-refractivity contribution in [3.05, 3.63) is 57.5 Å². The molecule has 0 fully saturated rings. The Labute approximate surface area is 121 Å². The Morgan fingerprint density at radius 2 is 2.30 bits per heavy atom. The van der Waals surface area contributed by atoms with Gasteiger partial charge in [0, 0.05) is 11.4 Å². The standard InChI is InChI=1S/C16H16FNOS/c1-11-14-6-8-20-15(14)5-7-18(11)16(19)10-12-3-2-4-13(17)9-12/h2-4,6,8-9,11H,5,7,10H2,1H3. The summed E-state index contributed by atoms with van der Waals surface area (Å²) >= 11 is 1.76. The molecule has 1 aromatic heterocycles. The molecule has 1 aliphatic heterocycles. The SMILES string of the molecule is CC1c2ccsc2CCN1C(=O)Cc1cccc(F)c1. The van der Waals surface area contributed by atoms with Crippen molar-refractivity contribution in [1.82, 2.24) is 4.90 Å². The molecule has 0 bridgehead atoms. The highest BCUT2D eigenvalue weighted by Gasteiger charge is 2.28. The molecule has 4 heteroatoms. The van der Waals surface area contributed by atoms with Gasteiger partial charge in [-0.3, -0.25) is 4.79 Å². The topological polar surface area (TPSA) is 20.3 Å². The van der Waals surface area contributed by atoms with Crippen molar-refractivity contribution >= 4 is 17.2 Å². The number of carbonyl (C=O) groups excluding carboxylic acids is 1. The summed E-state index contributed by atoms with van der Waals surface area (Å²) in [6.45, 7) is 2.82. The van der Waals surface area contributed by atoms with Crippen molar-refractivity contribution in [2.24, 2.45) is 0 Å². The second kappa shape index (κ2) is 5.37. The van der Waals surface area contributed by atoms with Gasteiger partial charge >= 0.3 is 0 Å². The van der Waals surface area contributed by atoms with Crippen LogP contribution in [-0.2, 0) is 17.6 Å². The summed E-state index contributed by atoms with van der Waals surface area (Å²) < 4.78 is 13.2. The van der Waals surface area contributed by atoms with Crippen LogP contribution in [0.3, 0.4) is 0 Å². The van der Waals surface area contributed by atoms with Crippen LogP contribution in [-0.4, -0.2) is 17.4 Å². The predicted molar refractivity (Wildman–Crippen MR) is 78.3 cm³/mol. The number of hydrogen-bond acceptors (Lipinski definition) is 2. The van der Waals surface area contributed by atoms with Crippen LogP contribution in [0.2, 0.25) is 0 Å². The van der Waals surface area contributed by atoms with E-state index in [0.717, 1.165) is 18.5 Å². The average molecular weight is 289 g/mol. The Morgan fingerprint density at radius 3 is 3.10 bits per heavy atom. The van der Waals surface area contributed by atoms with Crippen molar-refractivity contribution in [3.8, 4) is 0 Å². The zero-order valence-corrected chi connectivity index (χ0v) is 12.1. The van der Waals surface area contributed by atoms with E-state index in [-0.39, 0.29) is 24.2 Å². The fourth-order valence-corrected chi connectivity index (χ4v) is 3.74. The first-order valence-electron chi connectivity index (χ1n) is 6.75. The quantitative estimate of drug-likeness (QED) is 0.827. The first kappa shape index (κ1) is 13.3. The van der Waals surface area contributed by atoms with Crippen molar-refractivity contribution in [2.75, 3.05) is 6.54 Å². The largest absolute Gasteiger partial charge is 0.335 e. The normalized spacial score (nSPS) is 17.9. The lowest BCUT2D eigenvalue weighted by molar-refractivity contribution is -0.133. The van der Waals surface area contributed by atoms with E-state index in [1.165, 1.54) is 22.6 Å². The Morgan fingerprint density at radius 1 is 1.45 bits per heavy atom. The van der Waals surface area contributed by atoms with Crippen molar-refractivity contribution in [1.29, 1.82) is 0 Å². The van der Waals surface area contributed by atoms with Gasteiger partial charge in [-0.05, 0) is 48.1 Å². The Kier molecular flexibility index (Phi) is 3.57. The third-order valence-corrected chi connectivity index (χ3v) is 4.84. The fourth-order valence-electron chi connectivity index (χ4n) is 2.77. The number of halogens is 1. The monoisotopic (exact) mass is 289 g/mol. The van der Waals surface area contributed by atoms with Gasteiger partial charge in [0.25, 0.3) is 0 Å². The minimum Gasteiger partial charge on any atom is -0.335 e. The fraction of sp³-hybridized carbons (Fsp3) is 0.312. The van der Waals surface area contributed by atoms with Gasteiger partial charge in [-0.1, -0.05) is 12.1 Å². The van der Waals surface area contributed by atoms with E-state index >= 15 is 0 Å². The second-order valence-corrected chi connectivity index (χ2v) is 6.12. The number of rotatable bonds is 2. The van der Waals surface area contributed by atoms with Gasteiger partial charge in [0.1, 0.15) is 5.82 Å². The molecular formula is C16H16FNOS. The van der Waals surface area contributed by atoms with E-state index in [4.69, 9.17) is 0 Å². The number of amides is 1. The van der Waals surface area contributed by atoms with Gasteiger partial charge in [0.15, 0.2) is 0 Å². The van der Waals surface area contributed by atoms with E-state index in [1.54, 1.807) is 23.5 Å². The van der Waals surface area contributed by atoms with Gasteiger partial charge in [-0.15, -0.1) is 11.3 Å². The number of fused-ring (bicyclic) bond motifs is 1. The minimum absolute atomic E-state index is 0.0694. The summed E-state index contributed by atoms with van der Waals surface area (Å²) in [6, 6.07) is 8.50. The van der Waals surface area contributed by atoms with E-state index in [1.807, 2.05) is 4.90 Å². The number of benzene rings is 1. The van der Waals surface area contributed by atoms with Crippen LogP contribution < -0.4 is 0 Å². The van der Waals surface area contributed by atoms with E-state index in [0.29, 0.717) is 0 Å². The van der Waals surface area contributed by atoms with Gasteiger partial charge in [-0.2, -0.15) is 0 Å². The van der Waals surface area contributed by atoms with Gasteiger partial charge in [0.2, 0.25) is 5.91 Å². The van der Waals surface area contributed by atoms with Gasteiger partial charge in [-0.25, -0.2) is 4.39 Å². The van der Waals surface area contributed by atoms with Crippen LogP contribution in [0.5, 0.6) is 0 Å². The molecule has 0 saturated carbocycles. The molecule has 1 atom stereocenters. The van der Waals surface area contributed by atoms with Crippen molar-refractivity contribution < 1.29 is 9.18 Å². The first-order valence-corrected chi connectivity index (χ1v) is 7.63. The summed E-state index contributed by atoms with van der Waals surface area (Å²) in [5, 5.41) is 2.09. The summed E-state index contributed by atoms with van der Waals surface area (Å²) in [4.78, 5) is 15.7. The molecule has 104 valence electrons. The van der Waals surface area contributed by atoms with Crippen molar-refractivity contribution in [2.45, 2.75) is 25.8 Å². The lowest BCUT2D eigenvalue weighted by atomic mass is 10.0. The third kappa shape index (κ3) is 2.48. The van der Waals surface area contributed by atoms with Crippen LogP contribution in [0.25, 0.3) is 0 Å². The predicted octanol–water partition coefficient (Wildman–Crippen LogP) is 3.58. The summed E-state index contributed by atoms with van der Waals surface area (Å²) in [7, 11) is 0. The molecule has 3 rings (SSSR count). The molecule has 1 unspecified atom stereocenters. The molecule has 2 nitrogen and oxygen atoms in total. The summed E-state index contributed by atoms with van der Waals surface area (Å²) in [5.41, 5.74) is 1.99. The summed E-state index contributed by atoms with van der Waals surface area (Å²) in [6.07, 6.45) is 1.19. The zero-order chi connectivity index (χ0) is 14.1. The highest BCUT2D eigenvalue weighted by molar-refractivity contribution is 7.10. The second-order valence-electron chi connectivity index (χ2n) is 5.12. The molecule has 2 heterocycles. The Bertz CT molecular complexity index is 637. The minimum atomic E-state index is -0.290. The maximum absolute atomic E-state index is 13.2.